The Balaban J connectivity index is 0.00000167. The molecule has 0 saturated carbocycles. The summed E-state index contributed by atoms with van der Waals surface area (Å²) in [5.41, 5.74) is 4.00. The van der Waals surface area contributed by atoms with E-state index in [1.54, 1.807) is 12.3 Å². The second kappa shape index (κ2) is 12.3. The van der Waals surface area contributed by atoms with Crippen LogP contribution in [0, 0.1) is 11.7 Å². The number of rotatable bonds is 6. The minimum atomic E-state index is -0.432. The van der Waals surface area contributed by atoms with Crippen LogP contribution in [0.2, 0.25) is 0 Å². The van der Waals surface area contributed by atoms with Gasteiger partial charge in [0, 0.05) is 23.4 Å². The first-order valence-electron chi connectivity index (χ1n) is 12.0. The fourth-order valence-electron chi connectivity index (χ4n) is 4.09. The molecule has 0 saturated heterocycles. The number of carbonyl (C=O) groups is 1. The van der Waals surface area contributed by atoms with Crippen molar-refractivity contribution < 1.29 is 23.4 Å². The van der Waals surface area contributed by atoms with Gasteiger partial charge in [0.1, 0.15) is 17.7 Å². The second-order valence-electron chi connectivity index (χ2n) is 8.25. The molecule has 0 fully saturated rings. The van der Waals surface area contributed by atoms with Crippen molar-refractivity contribution in [3.05, 3.63) is 71.4 Å². The molecule has 6 nitrogen and oxygen atoms in total. The van der Waals surface area contributed by atoms with E-state index >= 15 is 0 Å². The van der Waals surface area contributed by atoms with Gasteiger partial charge in [-0.05, 0) is 48.9 Å². The van der Waals surface area contributed by atoms with Crippen LogP contribution in [-0.2, 0) is 22.4 Å². The summed E-state index contributed by atoms with van der Waals surface area (Å²) in [5.74, 6) is 0.283. The molecule has 1 aromatic carbocycles. The molecular formula is C28H33FN2O4. The third-order valence-electron chi connectivity index (χ3n) is 5.93. The Bertz CT molecular complexity index is 1130. The van der Waals surface area contributed by atoms with Crippen LogP contribution >= 0.6 is 0 Å². The van der Waals surface area contributed by atoms with Crippen molar-refractivity contribution in [3.8, 4) is 22.8 Å². The maximum Gasteiger partial charge on any atom is 0.308 e. The second-order valence-corrected chi connectivity index (χ2v) is 8.25. The van der Waals surface area contributed by atoms with E-state index in [-0.39, 0.29) is 18.0 Å². The van der Waals surface area contributed by atoms with Crippen LogP contribution < -0.4 is 9.47 Å². The van der Waals surface area contributed by atoms with Crippen molar-refractivity contribution in [3.63, 3.8) is 0 Å². The summed E-state index contributed by atoms with van der Waals surface area (Å²) in [4.78, 5) is 20.3. The number of benzene rings is 1. The van der Waals surface area contributed by atoms with Crippen LogP contribution in [0.3, 0.4) is 0 Å². The van der Waals surface area contributed by atoms with E-state index in [0.29, 0.717) is 23.4 Å². The van der Waals surface area contributed by atoms with Crippen molar-refractivity contribution in [2.24, 2.45) is 5.92 Å². The van der Waals surface area contributed by atoms with Crippen molar-refractivity contribution in [1.82, 2.24) is 9.97 Å². The van der Waals surface area contributed by atoms with E-state index in [0.717, 1.165) is 48.0 Å². The lowest BCUT2D eigenvalue weighted by atomic mass is 9.98. The van der Waals surface area contributed by atoms with Gasteiger partial charge in [0.2, 0.25) is 5.88 Å². The summed E-state index contributed by atoms with van der Waals surface area (Å²) in [6.07, 6.45) is 5.89. The Morgan fingerprint density at radius 1 is 1.14 bits per heavy atom. The number of esters is 1. The average molecular weight is 481 g/mol. The molecule has 2 aromatic heterocycles. The highest BCUT2D eigenvalue weighted by Crippen LogP contribution is 2.35. The molecule has 1 aliphatic rings. The highest BCUT2D eigenvalue weighted by Gasteiger charge is 2.22. The number of halogens is 1. The topological polar surface area (TPSA) is 70.5 Å². The van der Waals surface area contributed by atoms with Gasteiger partial charge in [0.15, 0.2) is 0 Å². The average Bonchev–Trinajstić information content (AvgIpc) is 3.12. The molecule has 4 rings (SSSR count). The fraction of sp³-hybridized carbons (Fsp3) is 0.393. The van der Waals surface area contributed by atoms with E-state index in [9.17, 15) is 9.18 Å². The lowest BCUT2D eigenvalue weighted by Crippen LogP contribution is -2.15. The Labute approximate surface area is 206 Å². The van der Waals surface area contributed by atoms with E-state index in [1.165, 1.54) is 14.2 Å². The van der Waals surface area contributed by atoms with Crippen LogP contribution in [0.4, 0.5) is 4.39 Å². The van der Waals surface area contributed by atoms with Crippen LogP contribution in [0.25, 0.3) is 11.1 Å². The molecule has 0 amide bonds. The number of nitrogens with zero attached hydrogens (tertiary/aromatic N) is 2. The summed E-state index contributed by atoms with van der Waals surface area (Å²) < 4.78 is 30.6. The zero-order chi connectivity index (χ0) is 25.4. The molecule has 0 N–H and O–H groups in total. The number of ether oxygens (including phenoxy) is 3. The zero-order valence-electron chi connectivity index (χ0n) is 21.0. The van der Waals surface area contributed by atoms with Gasteiger partial charge in [0.25, 0.3) is 0 Å². The molecule has 0 bridgehead atoms. The van der Waals surface area contributed by atoms with Gasteiger partial charge in [-0.2, -0.15) is 0 Å². The third-order valence-corrected chi connectivity index (χ3v) is 5.93. The SMILES string of the molecule is CC.COC(=O)C(C)Cc1ccc2c(c1)OC(c1ccc(-c3cc(OC)ncc3F)cn1)CCC2. The van der Waals surface area contributed by atoms with Gasteiger partial charge in [0.05, 0.1) is 32.0 Å². The first-order valence-corrected chi connectivity index (χ1v) is 12.0. The van der Waals surface area contributed by atoms with Gasteiger partial charge >= 0.3 is 5.97 Å². The number of fused-ring (bicyclic) bond motifs is 1. The molecule has 1 aliphatic heterocycles. The van der Waals surface area contributed by atoms with Gasteiger partial charge in [-0.3, -0.25) is 9.78 Å². The number of aromatic nitrogens is 2. The third kappa shape index (κ3) is 6.35. The molecule has 3 heterocycles. The van der Waals surface area contributed by atoms with Gasteiger partial charge in [-0.25, -0.2) is 9.37 Å². The summed E-state index contributed by atoms with van der Waals surface area (Å²) in [5, 5.41) is 0. The molecule has 0 aliphatic carbocycles. The lowest BCUT2D eigenvalue weighted by Gasteiger charge is -2.18. The van der Waals surface area contributed by atoms with E-state index in [4.69, 9.17) is 14.2 Å². The van der Waals surface area contributed by atoms with Crippen molar-refractivity contribution in [2.75, 3.05) is 14.2 Å². The van der Waals surface area contributed by atoms with Gasteiger partial charge in [-0.1, -0.05) is 39.0 Å². The zero-order valence-corrected chi connectivity index (χ0v) is 21.0. The molecule has 2 unspecified atom stereocenters. The Hall–Kier alpha value is -3.48. The largest absolute Gasteiger partial charge is 0.484 e. The number of carbonyl (C=O) groups excluding carboxylic acids is 1. The summed E-state index contributed by atoms with van der Waals surface area (Å²) in [6, 6.07) is 11.4. The predicted molar refractivity (Wildman–Crippen MR) is 133 cm³/mol. The number of methoxy groups -OCH3 is 2. The van der Waals surface area contributed by atoms with Crippen molar-refractivity contribution in [2.45, 2.75) is 52.6 Å². The summed E-state index contributed by atoms with van der Waals surface area (Å²) >= 11 is 0. The first kappa shape index (κ1) is 26.1. The standard InChI is InChI=1S/C26H27FN2O4.C2H6/c1-16(26(30)32-3)11-17-7-8-18-5-4-6-23(33-24(18)12-17)22-10-9-19(14-28-22)20-13-25(31-2)29-15-21(20)27;1-2/h7-10,12-16,23H,4-6,11H2,1-3H3;1-2H3. The normalized spacial score (nSPS) is 15.4. The molecule has 186 valence electrons. The predicted octanol–water partition coefficient (Wildman–Crippen LogP) is 6.13. The number of hydrogen-bond acceptors (Lipinski definition) is 6. The maximum atomic E-state index is 14.3. The molecular weight excluding hydrogens is 447 g/mol. The number of hydrogen-bond donors (Lipinski definition) is 0. The Morgan fingerprint density at radius 3 is 2.63 bits per heavy atom. The van der Waals surface area contributed by atoms with Crippen LogP contribution in [0.5, 0.6) is 11.6 Å². The summed E-state index contributed by atoms with van der Waals surface area (Å²) in [6.45, 7) is 5.86. The molecule has 0 radical (unpaired) electrons. The van der Waals surface area contributed by atoms with Crippen molar-refractivity contribution in [1.29, 1.82) is 0 Å². The van der Waals surface area contributed by atoms with Crippen LogP contribution in [0.15, 0.2) is 48.8 Å². The van der Waals surface area contributed by atoms with E-state index < -0.39 is 5.82 Å². The maximum absolute atomic E-state index is 14.3. The number of aryl methyl sites for hydroxylation is 1. The van der Waals surface area contributed by atoms with Crippen molar-refractivity contribution >= 4 is 5.97 Å². The van der Waals surface area contributed by atoms with Crippen LogP contribution in [-0.4, -0.2) is 30.2 Å². The first-order chi connectivity index (χ1) is 17.0. The smallest absolute Gasteiger partial charge is 0.308 e. The van der Waals surface area contributed by atoms with E-state index in [2.05, 4.69) is 16.0 Å². The minimum absolute atomic E-state index is 0.203. The van der Waals surface area contributed by atoms with E-state index in [1.807, 2.05) is 45.0 Å². The highest BCUT2D eigenvalue weighted by atomic mass is 19.1. The molecule has 0 spiro atoms. The highest BCUT2D eigenvalue weighted by molar-refractivity contribution is 5.72. The molecule has 7 heteroatoms. The minimum Gasteiger partial charge on any atom is -0.484 e. The number of pyridine rings is 2. The van der Waals surface area contributed by atoms with Gasteiger partial charge < -0.3 is 14.2 Å². The van der Waals surface area contributed by atoms with Crippen LogP contribution in [0.1, 0.15) is 56.5 Å². The summed E-state index contributed by atoms with van der Waals surface area (Å²) in [7, 11) is 2.90. The molecule has 35 heavy (non-hydrogen) atoms. The molecule has 2 atom stereocenters. The fourth-order valence-corrected chi connectivity index (χ4v) is 4.09. The Kier molecular flexibility index (Phi) is 9.18. The monoisotopic (exact) mass is 480 g/mol. The lowest BCUT2D eigenvalue weighted by molar-refractivity contribution is -0.144. The molecule has 3 aromatic rings. The Morgan fingerprint density at radius 2 is 1.94 bits per heavy atom. The quantitative estimate of drug-likeness (QED) is 0.396. The van der Waals surface area contributed by atoms with Gasteiger partial charge in [-0.15, -0.1) is 0 Å².